The van der Waals surface area contributed by atoms with Gasteiger partial charge in [-0.15, -0.1) is 0 Å². The van der Waals surface area contributed by atoms with Gasteiger partial charge in [-0.2, -0.15) is 16.4 Å². The van der Waals surface area contributed by atoms with Crippen LogP contribution in [0.5, 0.6) is 0 Å². The summed E-state index contributed by atoms with van der Waals surface area (Å²) in [6.07, 6.45) is 0.00895. The number of anilines is 1. The van der Waals surface area contributed by atoms with Crippen molar-refractivity contribution in [1.29, 1.82) is 0 Å². The molecule has 5 nitrogen and oxygen atoms in total. The van der Waals surface area contributed by atoms with Crippen LogP contribution >= 0.6 is 11.3 Å². The Morgan fingerprint density at radius 3 is 2.67 bits per heavy atom. The lowest BCUT2D eigenvalue weighted by Crippen LogP contribution is -2.03. The van der Waals surface area contributed by atoms with E-state index in [0.29, 0.717) is 5.82 Å². The maximum absolute atomic E-state index is 10.7. The van der Waals surface area contributed by atoms with Gasteiger partial charge in [0.05, 0.1) is 17.8 Å². The molecule has 0 spiro atoms. The molecule has 3 rings (SSSR count). The minimum absolute atomic E-state index is 0.00895. The Labute approximate surface area is 125 Å². The molecule has 6 heteroatoms. The minimum atomic E-state index is -0.846. The highest BCUT2D eigenvalue weighted by molar-refractivity contribution is 7.08. The first-order chi connectivity index (χ1) is 10.1. The van der Waals surface area contributed by atoms with E-state index in [4.69, 9.17) is 10.8 Å². The van der Waals surface area contributed by atoms with Crippen molar-refractivity contribution in [2.24, 2.45) is 0 Å². The maximum Gasteiger partial charge on any atom is 0.307 e. The third kappa shape index (κ3) is 2.80. The predicted molar refractivity (Wildman–Crippen MR) is 82.6 cm³/mol. The predicted octanol–water partition coefficient (Wildman–Crippen LogP) is 2.81. The van der Waals surface area contributed by atoms with Gasteiger partial charge in [0.25, 0.3) is 0 Å². The molecule has 3 aromatic rings. The summed E-state index contributed by atoms with van der Waals surface area (Å²) in [5.74, 6) is -0.303. The third-order valence-electron chi connectivity index (χ3n) is 3.09. The Morgan fingerprint density at radius 1 is 1.29 bits per heavy atom. The van der Waals surface area contributed by atoms with E-state index in [9.17, 15) is 4.79 Å². The van der Waals surface area contributed by atoms with Crippen LogP contribution in [0.15, 0.2) is 47.2 Å². The molecule has 0 saturated heterocycles. The number of carboxylic acid groups (broad SMARTS) is 1. The van der Waals surface area contributed by atoms with Gasteiger partial charge in [-0.1, -0.05) is 12.1 Å². The van der Waals surface area contributed by atoms with Gasteiger partial charge in [0.2, 0.25) is 0 Å². The van der Waals surface area contributed by atoms with Gasteiger partial charge >= 0.3 is 5.97 Å². The summed E-state index contributed by atoms with van der Waals surface area (Å²) in [6, 6.07) is 11.0. The summed E-state index contributed by atoms with van der Waals surface area (Å²) in [4.78, 5) is 10.7. The number of nitrogen functional groups attached to an aromatic ring is 1. The Morgan fingerprint density at radius 2 is 2.05 bits per heavy atom. The first-order valence-corrected chi connectivity index (χ1v) is 7.27. The van der Waals surface area contributed by atoms with Crippen molar-refractivity contribution in [2.45, 2.75) is 6.42 Å². The fraction of sp³-hybridized carbons (Fsp3) is 0.0667. The zero-order valence-corrected chi connectivity index (χ0v) is 11.9. The zero-order chi connectivity index (χ0) is 14.8. The molecule has 1 aromatic carbocycles. The van der Waals surface area contributed by atoms with Gasteiger partial charge < -0.3 is 10.8 Å². The standard InChI is InChI=1S/C15H13N3O2S/c16-14-8-13(11-5-6-21-9-11)17-18(14)12-3-1-10(2-4-12)7-15(19)20/h1-6,8-9H,7,16H2,(H,19,20). The molecule has 0 aliphatic rings. The van der Waals surface area contributed by atoms with E-state index in [0.717, 1.165) is 22.5 Å². The first-order valence-electron chi connectivity index (χ1n) is 6.33. The fourth-order valence-corrected chi connectivity index (χ4v) is 2.73. The van der Waals surface area contributed by atoms with Crippen molar-refractivity contribution in [3.05, 3.63) is 52.7 Å². The van der Waals surface area contributed by atoms with Gasteiger partial charge in [-0.05, 0) is 29.1 Å². The summed E-state index contributed by atoms with van der Waals surface area (Å²) < 4.78 is 1.65. The number of carbonyl (C=O) groups is 1. The second-order valence-electron chi connectivity index (χ2n) is 4.62. The Kier molecular flexibility index (Phi) is 3.45. The van der Waals surface area contributed by atoms with Gasteiger partial charge in [0.15, 0.2) is 0 Å². The lowest BCUT2D eigenvalue weighted by molar-refractivity contribution is -0.136. The minimum Gasteiger partial charge on any atom is -0.481 e. The Bertz CT molecular complexity index is 761. The molecule has 0 aliphatic heterocycles. The summed E-state index contributed by atoms with van der Waals surface area (Å²) >= 11 is 1.61. The number of hydrogen-bond donors (Lipinski definition) is 2. The fourth-order valence-electron chi connectivity index (χ4n) is 2.08. The van der Waals surface area contributed by atoms with Gasteiger partial charge in [-0.3, -0.25) is 4.79 Å². The number of benzene rings is 1. The molecule has 21 heavy (non-hydrogen) atoms. The van der Waals surface area contributed by atoms with Crippen molar-refractivity contribution >= 4 is 23.1 Å². The quantitative estimate of drug-likeness (QED) is 0.776. The van der Waals surface area contributed by atoms with Crippen LogP contribution in [0.4, 0.5) is 5.82 Å². The molecule has 0 bridgehead atoms. The lowest BCUT2D eigenvalue weighted by Gasteiger charge is -2.04. The number of carboxylic acids is 1. The second-order valence-corrected chi connectivity index (χ2v) is 5.40. The number of aliphatic carboxylic acids is 1. The number of hydrogen-bond acceptors (Lipinski definition) is 4. The van der Waals surface area contributed by atoms with E-state index in [1.807, 2.05) is 35.0 Å². The molecule has 0 aliphatic carbocycles. The molecule has 2 aromatic heterocycles. The molecule has 106 valence electrons. The highest BCUT2D eigenvalue weighted by atomic mass is 32.1. The smallest absolute Gasteiger partial charge is 0.307 e. The largest absolute Gasteiger partial charge is 0.481 e. The lowest BCUT2D eigenvalue weighted by atomic mass is 10.1. The van der Waals surface area contributed by atoms with Crippen LogP contribution < -0.4 is 5.73 Å². The van der Waals surface area contributed by atoms with Crippen molar-refractivity contribution in [1.82, 2.24) is 9.78 Å². The van der Waals surface area contributed by atoms with Crippen LogP contribution in [0.25, 0.3) is 16.9 Å². The topological polar surface area (TPSA) is 81.1 Å². The zero-order valence-electron chi connectivity index (χ0n) is 11.1. The van der Waals surface area contributed by atoms with E-state index in [2.05, 4.69) is 5.10 Å². The average Bonchev–Trinajstić information content (AvgIpc) is 3.08. The van der Waals surface area contributed by atoms with Gasteiger partial charge in [-0.25, -0.2) is 4.68 Å². The highest BCUT2D eigenvalue weighted by Crippen LogP contribution is 2.24. The van der Waals surface area contributed by atoms with Gasteiger partial charge in [0, 0.05) is 17.0 Å². The van der Waals surface area contributed by atoms with Crippen molar-refractivity contribution in [3.8, 4) is 16.9 Å². The van der Waals surface area contributed by atoms with E-state index in [1.165, 1.54) is 0 Å². The maximum atomic E-state index is 10.7. The summed E-state index contributed by atoms with van der Waals surface area (Å²) in [5.41, 5.74) is 9.42. The van der Waals surface area contributed by atoms with E-state index in [1.54, 1.807) is 28.2 Å². The van der Waals surface area contributed by atoms with Crippen LogP contribution in [-0.4, -0.2) is 20.9 Å². The van der Waals surface area contributed by atoms with E-state index in [-0.39, 0.29) is 6.42 Å². The van der Waals surface area contributed by atoms with Crippen LogP contribution in [0, 0.1) is 0 Å². The van der Waals surface area contributed by atoms with E-state index < -0.39 is 5.97 Å². The van der Waals surface area contributed by atoms with Crippen LogP contribution in [0.2, 0.25) is 0 Å². The Hall–Kier alpha value is -2.60. The van der Waals surface area contributed by atoms with Crippen LogP contribution in [0.1, 0.15) is 5.56 Å². The van der Waals surface area contributed by atoms with E-state index >= 15 is 0 Å². The van der Waals surface area contributed by atoms with Crippen molar-refractivity contribution < 1.29 is 9.90 Å². The summed E-state index contributed by atoms with van der Waals surface area (Å²) in [7, 11) is 0. The SMILES string of the molecule is Nc1cc(-c2ccsc2)nn1-c1ccc(CC(=O)O)cc1. The Balaban J connectivity index is 1.92. The molecular formula is C15H13N3O2S. The van der Waals surface area contributed by atoms with Crippen molar-refractivity contribution in [3.63, 3.8) is 0 Å². The monoisotopic (exact) mass is 299 g/mol. The molecule has 0 fully saturated rings. The molecule has 0 unspecified atom stereocenters. The normalized spacial score (nSPS) is 10.7. The van der Waals surface area contributed by atoms with Crippen LogP contribution in [-0.2, 0) is 11.2 Å². The molecule has 0 saturated carbocycles. The van der Waals surface area contributed by atoms with Crippen molar-refractivity contribution in [2.75, 3.05) is 5.73 Å². The molecule has 3 N–H and O–H groups in total. The molecule has 0 amide bonds. The van der Waals surface area contributed by atoms with Crippen LogP contribution in [0.3, 0.4) is 0 Å². The molecule has 2 heterocycles. The summed E-state index contributed by atoms with van der Waals surface area (Å²) in [5, 5.41) is 17.3. The number of aromatic nitrogens is 2. The number of thiophene rings is 1. The highest BCUT2D eigenvalue weighted by Gasteiger charge is 2.09. The van der Waals surface area contributed by atoms with Gasteiger partial charge in [0.1, 0.15) is 5.82 Å². The number of nitrogens with two attached hydrogens (primary N) is 1. The number of rotatable bonds is 4. The summed E-state index contributed by atoms with van der Waals surface area (Å²) in [6.45, 7) is 0. The number of nitrogens with zero attached hydrogens (tertiary/aromatic N) is 2. The second kappa shape index (κ2) is 5.41. The molecular weight excluding hydrogens is 286 g/mol. The third-order valence-corrected chi connectivity index (χ3v) is 3.77. The first kappa shape index (κ1) is 13.4. The molecule has 0 atom stereocenters. The average molecular weight is 299 g/mol. The molecule has 0 radical (unpaired) electrons.